The van der Waals surface area contributed by atoms with Crippen LogP contribution in [0.25, 0.3) is 0 Å². The molecular formula is C31H35ClFN3O4S. The van der Waals surface area contributed by atoms with Gasteiger partial charge < -0.3 is 10.2 Å². The lowest BCUT2D eigenvalue weighted by atomic mass is 9.95. The van der Waals surface area contributed by atoms with Crippen LogP contribution in [0.1, 0.15) is 50.2 Å². The van der Waals surface area contributed by atoms with E-state index in [0.717, 1.165) is 48.0 Å². The van der Waals surface area contributed by atoms with E-state index in [-0.39, 0.29) is 29.1 Å². The first kappa shape index (κ1) is 30.5. The van der Waals surface area contributed by atoms with Crippen LogP contribution in [0, 0.1) is 12.7 Å². The lowest BCUT2D eigenvalue weighted by molar-refractivity contribution is -0.139. The van der Waals surface area contributed by atoms with Gasteiger partial charge in [0.15, 0.2) is 0 Å². The Morgan fingerprint density at radius 3 is 2.24 bits per heavy atom. The van der Waals surface area contributed by atoms with E-state index in [1.165, 1.54) is 35.2 Å². The van der Waals surface area contributed by atoms with E-state index >= 15 is 4.39 Å². The van der Waals surface area contributed by atoms with Gasteiger partial charge in [-0.1, -0.05) is 72.8 Å². The summed E-state index contributed by atoms with van der Waals surface area (Å²) >= 11 is 6.05. The lowest BCUT2D eigenvalue weighted by Gasteiger charge is -2.33. The number of nitrogens with zero attached hydrogens (tertiary/aromatic N) is 2. The fraction of sp³-hybridized carbons (Fsp3) is 0.355. The fourth-order valence-corrected chi connectivity index (χ4v) is 6.49. The molecule has 1 aliphatic carbocycles. The smallest absolute Gasteiger partial charge is 0.264 e. The molecule has 1 saturated carbocycles. The maximum absolute atomic E-state index is 15.0. The fourth-order valence-electron chi connectivity index (χ4n) is 4.94. The zero-order chi connectivity index (χ0) is 29.6. The highest BCUT2D eigenvalue weighted by molar-refractivity contribution is 7.92. The van der Waals surface area contributed by atoms with Crippen LogP contribution in [0.3, 0.4) is 0 Å². The third-order valence-corrected chi connectivity index (χ3v) is 9.42. The normalized spacial score (nSPS) is 14.7. The van der Waals surface area contributed by atoms with Gasteiger partial charge in [-0.3, -0.25) is 13.9 Å². The summed E-state index contributed by atoms with van der Waals surface area (Å²) in [5.41, 5.74) is 1.30. The van der Waals surface area contributed by atoms with Gasteiger partial charge in [-0.15, -0.1) is 0 Å². The molecule has 0 radical (unpaired) electrons. The van der Waals surface area contributed by atoms with Crippen molar-refractivity contribution in [1.29, 1.82) is 0 Å². The summed E-state index contributed by atoms with van der Waals surface area (Å²) in [4.78, 5) is 28.6. The van der Waals surface area contributed by atoms with Crippen molar-refractivity contribution in [2.24, 2.45) is 0 Å². The second-order valence-corrected chi connectivity index (χ2v) is 12.7. The molecule has 1 unspecified atom stereocenters. The second-order valence-electron chi connectivity index (χ2n) is 10.4. The summed E-state index contributed by atoms with van der Waals surface area (Å²) in [5.74, 6) is -1.76. The summed E-state index contributed by atoms with van der Waals surface area (Å²) in [6.07, 6.45) is 4.94. The van der Waals surface area contributed by atoms with E-state index in [0.29, 0.717) is 10.6 Å². The maximum Gasteiger partial charge on any atom is 0.264 e. The van der Waals surface area contributed by atoms with Crippen LogP contribution >= 0.6 is 11.6 Å². The summed E-state index contributed by atoms with van der Waals surface area (Å²) in [7, 11) is -4.34. The van der Waals surface area contributed by atoms with Crippen LogP contribution in [0.2, 0.25) is 5.02 Å². The number of halogens is 2. The molecule has 0 saturated heterocycles. The number of anilines is 1. The molecule has 4 rings (SSSR count). The van der Waals surface area contributed by atoms with Gasteiger partial charge in [0.05, 0.1) is 10.6 Å². The van der Waals surface area contributed by atoms with Crippen molar-refractivity contribution in [3.05, 3.63) is 94.8 Å². The SMILES string of the molecule is Cc1ccc(S(=O)(=O)N(CC(=O)N(Cc2ccc(Cl)cc2)C(C)C(=O)NC2CCCCC2)c2ccccc2F)cc1. The van der Waals surface area contributed by atoms with E-state index in [4.69, 9.17) is 11.6 Å². The molecule has 3 aromatic carbocycles. The number of carbonyl (C=O) groups excluding carboxylic acids is 2. The number of benzene rings is 3. The first-order valence-electron chi connectivity index (χ1n) is 13.7. The number of carbonyl (C=O) groups is 2. The third kappa shape index (κ3) is 7.65. The predicted molar refractivity (Wildman–Crippen MR) is 159 cm³/mol. The van der Waals surface area contributed by atoms with E-state index in [2.05, 4.69) is 5.32 Å². The molecule has 0 spiro atoms. The van der Waals surface area contributed by atoms with Gasteiger partial charge in [0, 0.05) is 17.6 Å². The number of rotatable bonds is 10. The molecule has 1 N–H and O–H groups in total. The Balaban J connectivity index is 1.68. The van der Waals surface area contributed by atoms with Crippen LogP contribution in [0.15, 0.2) is 77.7 Å². The Morgan fingerprint density at radius 1 is 0.976 bits per heavy atom. The number of hydrogen-bond donors (Lipinski definition) is 1. The molecule has 1 aliphatic rings. The summed E-state index contributed by atoms with van der Waals surface area (Å²) < 4.78 is 43.4. The first-order valence-corrected chi connectivity index (χ1v) is 15.6. The molecule has 41 heavy (non-hydrogen) atoms. The van der Waals surface area contributed by atoms with Gasteiger partial charge in [0.2, 0.25) is 11.8 Å². The Hall–Kier alpha value is -3.43. The number of nitrogens with one attached hydrogen (secondary N) is 1. The third-order valence-electron chi connectivity index (χ3n) is 7.39. The van der Waals surface area contributed by atoms with E-state index in [1.807, 2.05) is 6.92 Å². The number of amides is 2. The van der Waals surface area contributed by atoms with Crippen LogP contribution in [0.5, 0.6) is 0 Å². The van der Waals surface area contributed by atoms with Gasteiger partial charge in [0.25, 0.3) is 10.0 Å². The molecule has 218 valence electrons. The van der Waals surface area contributed by atoms with Crippen LogP contribution in [0.4, 0.5) is 10.1 Å². The highest BCUT2D eigenvalue weighted by Gasteiger charge is 2.34. The second kappa shape index (κ2) is 13.5. The van der Waals surface area contributed by atoms with Crippen molar-refractivity contribution in [3.8, 4) is 0 Å². The van der Waals surface area contributed by atoms with Crippen molar-refractivity contribution in [2.45, 2.75) is 69.5 Å². The van der Waals surface area contributed by atoms with Crippen LogP contribution in [-0.2, 0) is 26.2 Å². The average Bonchev–Trinajstić information content (AvgIpc) is 2.96. The predicted octanol–water partition coefficient (Wildman–Crippen LogP) is 5.85. The van der Waals surface area contributed by atoms with Crippen molar-refractivity contribution in [1.82, 2.24) is 10.2 Å². The molecule has 1 fully saturated rings. The van der Waals surface area contributed by atoms with E-state index < -0.39 is 34.3 Å². The molecule has 7 nitrogen and oxygen atoms in total. The monoisotopic (exact) mass is 599 g/mol. The molecule has 3 aromatic rings. The van der Waals surface area contributed by atoms with Crippen molar-refractivity contribution in [2.75, 3.05) is 10.8 Å². The average molecular weight is 600 g/mol. The molecular weight excluding hydrogens is 565 g/mol. The molecule has 0 aliphatic heterocycles. The number of para-hydroxylation sites is 1. The van der Waals surface area contributed by atoms with Crippen molar-refractivity contribution in [3.63, 3.8) is 0 Å². The molecule has 10 heteroatoms. The minimum absolute atomic E-state index is 0.0306. The number of aryl methyl sites for hydroxylation is 1. The van der Waals surface area contributed by atoms with Crippen LogP contribution < -0.4 is 9.62 Å². The highest BCUT2D eigenvalue weighted by atomic mass is 35.5. The van der Waals surface area contributed by atoms with Crippen molar-refractivity contribution >= 4 is 39.1 Å². The molecule has 2 amide bonds. The highest BCUT2D eigenvalue weighted by Crippen LogP contribution is 2.27. The maximum atomic E-state index is 15.0. The Labute approximate surface area is 246 Å². The lowest BCUT2D eigenvalue weighted by Crippen LogP contribution is -2.53. The first-order chi connectivity index (χ1) is 19.6. The summed E-state index contributed by atoms with van der Waals surface area (Å²) in [6, 6.07) is 17.5. The quantitative estimate of drug-likeness (QED) is 0.317. The molecule has 0 bridgehead atoms. The Kier molecular flexibility index (Phi) is 10.0. The largest absolute Gasteiger partial charge is 0.352 e. The van der Waals surface area contributed by atoms with Crippen molar-refractivity contribution < 1.29 is 22.4 Å². The topological polar surface area (TPSA) is 86.8 Å². The summed E-state index contributed by atoms with van der Waals surface area (Å²) in [5, 5.41) is 3.58. The minimum Gasteiger partial charge on any atom is -0.352 e. The van der Waals surface area contributed by atoms with E-state index in [1.54, 1.807) is 43.3 Å². The minimum atomic E-state index is -4.34. The number of hydrogen-bond acceptors (Lipinski definition) is 4. The molecule has 0 heterocycles. The van der Waals surface area contributed by atoms with Gasteiger partial charge in [-0.2, -0.15) is 0 Å². The zero-order valence-corrected chi connectivity index (χ0v) is 24.8. The van der Waals surface area contributed by atoms with Gasteiger partial charge in [0.1, 0.15) is 18.4 Å². The zero-order valence-electron chi connectivity index (χ0n) is 23.2. The Morgan fingerprint density at radius 2 is 1.61 bits per heavy atom. The molecule has 0 aromatic heterocycles. The van der Waals surface area contributed by atoms with Crippen LogP contribution in [-0.4, -0.2) is 43.8 Å². The Bertz CT molecular complexity index is 1460. The van der Waals surface area contributed by atoms with Gasteiger partial charge in [-0.25, -0.2) is 12.8 Å². The van der Waals surface area contributed by atoms with E-state index in [9.17, 15) is 18.0 Å². The number of sulfonamides is 1. The van der Waals surface area contributed by atoms with Gasteiger partial charge >= 0.3 is 0 Å². The standard InChI is InChI=1S/C31H35ClFN3O4S/c1-22-12-18-27(19-13-22)41(39,40)36(29-11-7-6-10-28(29)33)21-30(37)35(20-24-14-16-25(32)17-15-24)23(2)31(38)34-26-8-4-3-5-9-26/h6-7,10-19,23,26H,3-5,8-9,20-21H2,1-2H3,(H,34,38). The van der Waals surface area contributed by atoms with Gasteiger partial charge in [-0.05, 0) is 68.7 Å². The molecule has 1 atom stereocenters. The summed E-state index contributed by atoms with van der Waals surface area (Å²) in [6.45, 7) is 2.77.